The molecule has 0 unspecified atom stereocenters. The quantitative estimate of drug-likeness (QED) is 0.369. The summed E-state index contributed by atoms with van der Waals surface area (Å²) in [6.45, 7) is 0. The molecule has 0 spiro atoms. The molecule has 5 nitrogen and oxygen atoms in total. The minimum Gasteiger partial charge on any atom is -0.258 e. The molecule has 1 rings (SSSR count). The Morgan fingerprint density at radius 2 is 2.18 bits per heavy atom. The summed E-state index contributed by atoms with van der Waals surface area (Å²) in [6.07, 6.45) is 0. The smallest absolute Gasteiger partial charge is 0.258 e. The van der Waals surface area contributed by atoms with E-state index in [2.05, 4.69) is 5.18 Å². The van der Waals surface area contributed by atoms with Crippen LogP contribution in [0.15, 0.2) is 29.4 Å². The second-order valence-electron chi connectivity index (χ2n) is 1.87. The minimum absolute atomic E-state index is 0.0687. The summed E-state index contributed by atoms with van der Waals surface area (Å²) >= 11 is 0. The summed E-state index contributed by atoms with van der Waals surface area (Å²) in [5.41, 5.74) is -0.0544. The molecular formula is C6H4N2O3. The molecule has 0 N–H and O–H groups in total. The second-order valence-corrected chi connectivity index (χ2v) is 1.87. The number of nitrogens with zero attached hydrogens (tertiary/aromatic N) is 2. The van der Waals surface area contributed by atoms with Crippen molar-refractivity contribution < 1.29 is 4.92 Å². The number of benzene rings is 1. The summed E-state index contributed by atoms with van der Waals surface area (Å²) in [5, 5.41) is 12.7. The zero-order chi connectivity index (χ0) is 8.27. The lowest BCUT2D eigenvalue weighted by Gasteiger charge is -1.89. The molecule has 0 atom stereocenters. The van der Waals surface area contributed by atoms with Crippen LogP contribution in [0.2, 0.25) is 0 Å². The third-order valence-electron chi connectivity index (χ3n) is 1.15. The third kappa shape index (κ3) is 1.57. The van der Waals surface area contributed by atoms with E-state index in [-0.39, 0.29) is 11.4 Å². The molecule has 0 radical (unpaired) electrons. The van der Waals surface area contributed by atoms with Gasteiger partial charge in [-0.2, -0.15) is 0 Å². The van der Waals surface area contributed by atoms with Crippen LogP contribution in [0.5, 0.6) is 0 Å². The lowest BCUT2D eigenvalue weighted by molar-refractivity contribution is -0.384. The van der Waals surface area contributed by atoms with Gasteiger partial charge in [0.25, 0.3) is 5.69 Å². The topological polar surface area (TPSA) is 72.6 Å². The first-order valence-corrected chi connectivity index (χ1v) is 2.82. The average Bonchev–Trinajstić information content (AvgIpc) is 2.05. The number of rotatable bonds is 2. The third-order valence-corrected chi connectivity index (χ3v) is 1.15. The van der Waals surface area contributed by atoms with Gasteiger partial charge < -0.3 is 0 Å². The molecule has 0 fully saturated rings. The van der Waals surface area contributed by atoms with Crippen LogP contribution >= 0.6 is 0 Å². The van der Waals surface area contributed by atoms with Crippen LogP contribution in [0, 0.1) is 15.0 Å². The highest BCUT2D eigenvalue weighted by atomic mass is 16.6. The predicted molar refractivity (Wildman–Crippen MR) is 38.6 cm³/mol. The van der Waals surface area contributed by atoms with E-state index < -0.39 is 4.92 Å². The maximum atomic E-state index is 10.1. The zero-order valence-electron chi connectivity index (χ0n) is 5.43. The van der Waals surface area contributed by atoms with Crippen LogP contribution in [0.4, 0.5) is 11.4 Å². The zero-order valence-corrected chi connectivity index (χ0v) is 5.43. The van der Waals surface area contributed by atoms with Gasteiger partial charge in [-0.05, 0) is 11.2 Å². The van der Waals surface area contributed by atoms with E-state index in [0.29, 0.717) is 0 Å². The lowest BCUT2D eigenvalue weighted by atomic mass is 10.3. The predicted octanol–water partition coefficient (Wildman–Crippen LogP) is 1.99. The lowest BCUT2D eigenvalue weighted by Crippen LogP contribution is -1.85. The van der Waals surface area contributed by atoms with Gasteiger partial charge in [0, 0.05) is 12.1 Å². The van der Waals surface area contributed by atoms with E-state index >= 15 is 0 Å². The molecule has 0 bridgehead atoms. The van der Waals surface area contributed by atoms with Crippen molar-refractivity contribution >= 4 is 11.4 Å². The number of non-ortho nitro benzene ring substituents is 1. The van der Waals surface area contributed by atoms with Crippen molar-refractivity contribution in [2.45, 2.75) is 0 Å². The van der Waals surface area contributed by atoms with Crippen LogP contribution in [-0.4, -0.2) is 4.92 Å². The minimum atomic E-state index is -0.575. The van der Waals surface area contributed by atoms with Gasteiger partial charge in [0.05, 0.1) is 4.92 Å². The van der Waals surface area contributed by atoms with Crippen molar-refractivity contribution in [2.75, 3.05) is 0 Å². The summed E-state index contributed by atoms with van der Waals surface area (Å²) < 4.78 is 0. The summed E-state index contributed by atoms with van der Waals surface area (Å²) in [5.74, 6) is 0. The summed E-state index contributed by atoms with van der Waals surface area (Å²) in [4.78, 5) is 19.5. The number of nitro benzene ring substituents is 1. The average molecular weight is 152 g/mol. The van der Waals surface area contributed by atoms with E-state index in [1.54, 1.807) is 0 Å². The molecule has 0 aliphatic rings. The maximum absolute atomic E-state index is 10.1. The normalized spacial score (nSPS) is 9.09. The van der Waals surface area contributed by atoms with Crippen LogP contribution in [0.25, 0.3) is 0 Å². The van der Waals surface area contributed by atoms with Gasteiger partial charge >= 0.3 is 0 Å². The van der Waals surface area contributed by atoms with E-state index in [1.165, 1.54) is 18.2 Å². The van der Waals surface area contributed by atoms with E-state index in [1.807, 2.05) is 0 Å². The maximum Gasteiger partial charge on any atom is 0.271 e. The standard InChI is InChI=1S/C6H4N2O3/c9-7-5-2-1-3-6(4-5)8(10)11/h1-4H. The number of hydrogen-bond donors (Lipinski definition) is 0. The molecular weight excluding hydrogens is 148 g/mol. The Morgan fingerprint density at radius 3 is 2.73 bits per heavy atom. The molecule has 1 aromatic carbocycles. The Balaban J connectivity index is 3.10. The highest BCUT2D eigenvalue weighted by molar-refractivity contribution is 5.46. The Kier molecular flexibility index (Phi) is 1.91. The SMILES string of the molecule is O=Nc1cccc([N+](=O)[O-])c1. The Hall–Kier alpha value is -1.78. The molecule has 1 aromatic rings. The number of hydrogen-bond acceptors (Lipinski definition) is 4. The van der Waals surface area contributed by atoms with Crippen molar-refractivity contribution in [3.8, 4) is 0 Å². The van der Waals surface area contributed by atoms with Gasteiger partial charge in [0.1, 0.15) is 5.69 Å². The molecule has 0 aliphatic heterocycles. The number of nitroso groups, excluding NO2 is 1. The first kappa shape index (κ1) is 7.33. The van der Waals surface area contributed by atoms with Gasteiger partial charge in [0.15, 0.2) is 0 Å². The van der Waals surface area contributed by atoms with Gasteiger partial charge in [-0.15, -0.1) is 4.91 Å². The van der Waals surface area contributed by atoms with E-state index in [4.69, 9.17) is 0 Å². The summed E-state index contributed by atoms with van der Waals surface area (Å²) in [7, 11) is 0. The largest absolute Gasteiger partial charge is 0.271 e. The van der Waals surface area contributed by atoms with Crippen LogP contribution in [0.3, 0.4) is 0 Å². The van der Waals surface area contributed by atoms with Gasteiger partial charge in [0.2, 0.25) is 0 Å². The van der Waals surface area contributed by atoms with Crippen LogP contribution < -0.4 is 0 Å². The molecule has 0 amide bonds. The van der Waals surface area contributed by atoms with Crippen molar-refractivity contribution in [2.24, 2.45) is 5.18 Å². The van der Waals surface area contributed by atoms with Gasteiger partial charge in [-0.3, -0.25) is 10.1 Å². The fourth-order valence-electron chi connectivity index (χ4n) is 0.663. The van der Waals surface area contributed by atoms with Gasteiger partial charge in [-0.25, -0.2) is 0 Å². The molecule has 0 saturated heterocycles. The highest BCUT2D eigenvalue weighted by Gasteiger charge is 2.04. The molecule has 0 aliphatic carbocycles. The Morgan fingerprint density at radius 1 is 1.45 bits per heavy atom. The monoisotopic (exact) mass is 152 g/mol. The first-order valence-electron chi connectivity index (χ1n) is 2.82. The Bertz CT molecular complexity index is 298. The fourth-order valence-corrected chi connectivity index (χ4v) is 0.663. The molecule has 11 heavy (non-hydrogen) atoms. The van der Waals surface area contributed by atoms with E-state index in [0.717, 1.165) is 6.07 Å². The molecule has 56 valence electrons. The molecule has 0 saturated carbocycles. The van der Waals surface area contributed by atoms with Crippen molar-refractivity contribution in [1.82, 2.24) is 0 Å². The number of nitro groups is 1. The van der Waals surface area contributed by atoms with Crippen molar-refractivity contribution in [3.63, 3.8) is 0 Å². The van der Waals surface area contributed by atoms with E-state index in [9.17, 15) is 15.0 Å². The Labute approximate surface area is 61.8 Å². The molecule has 5 heteroatoms. The van der Waals surface area contributed by atoms with Crippen LogP contribution in [-0.2, 0) is 0 Å². The first-order chi connectivity index (χ1) is 5.24. The molecule has 0 aromatic heterocycles. The highest BCUT2D eigenvalue weighted by Crippen LogP contribution is 2.18. The van der Waals surface area contributed by atoms with Crippen molar-refractivity contribution in [3.05, 3.63) is 39.3 Å². The second kappa shape index (κ2) is 2.87. The summed E-state index contributed by atoms with van der Waals surface area (Å²) in [6, 6.07) is 5.23. The molecule has 0 heterocycles. The van der Waals surface area contributed by atoms with Crippen LogP contribution in [0.1, 0.15) is 0 Å². The van der Waals surface area contributed by atoms with Gasteiger partial charge in [-0.1, -0.05) is 6.07 Å². The van der Waals surface area contributed by atoms with Crippen molar-refractivity contribution in [1.29, 1.82) is 0 Å². The fraction of sp³-hybridized carbons (Fsp3) is 0.